The molecule has 0 atom stereocenters. The summed E-state index contributed by atoms with van der Waals surface area (Å²) >= 11 is 0. The molecule has 1 aliphatic rings. The van der Waals surface area contributed by atoms with Crippen molar-refractivity contribution in [2.45, 2.75) is 26.4 Å². The number of benzene rings is 2. The molecule has 0 bridgehead atoms. The number of carboxylic acid groups (broad SMARTS) is 1. The standard InChI is InChI=1S/C25H19N3O6/c1-14(2)32-21-9-7-15(13-19(21)26-3)25-27-24(28-34-25)18-6-4-5-17-16(18)8-10-20(17)33-23(31)12-11-22(29)30/h4-7,9-14H,8H2,1-2H3,(H,29,30). The van der Waals surface area contributed by atoms with Gasteiger partial charge in [0.05, 0.1) is 12.7 Å². The molecule has 4 rings (SSSR count). The lowest BCUT2D eigenvalue weighted by atomic mass is 10.0. The molecular formula is C25H19N3O6. The predicted molar refractivity (Wildman–Crippen MR) is 122 cm³/mol. The Hall–Kier alpha value is -4.71. The van der Waals surface area contributed by atoms with Gasteiger partial charge in [-0.2, -0.15) is 4.98 Å². The Labute approximate surface area is 194 Å². The molecule has 170 valence electrons. The summed E-state index contributed by atoms with van der Waals surface area (Å²) in [6.07, 6.45) is 3.72. The monoisotopic (exact) mass is 457 g/mol. The number of allylic oxidation sites excluding steroid dienone is 1. The van der Waals surface area contributed by atoms with Crippen LogP contribution < -0.4 is 4.74 Å². The highest BCUT2D eigenvalue weighted by molar-refractivity contribution is 5.94. The zero-order chi connectivity index (χ0) is 24.2. The minimum absolute atomic E-state index is 0.0625. The fraction of sp³-hybridized carbons (Fsp3) is 0.160. The summed E-state index contributed by atoms with van der Waals surface area (Å²) in [4.78, 5) is 30.5. The number of carbonyl (C=O) groups excluding carboxylic acids is 1. The molecule has 0 amide bonds. The number of nitrogens with zero attached hydrogens (tertiary/aromatic N) is 3. The Balaban J connectivity index is 1.59. The van der Waals surface area contributed by atoms with Crippen molar-refractivity contribution in [3.63, 3.8) is 0 Å². The third-order valence-corrected chi connectivity index (χ3v) is 4.86. The van der Waals surface area contributed by atoms with Gasteiger partial charge in [-0.3, -0.25) is 0 Å². The molecule has 0 radical (unpaired) electrons. The van der Waals surface area contributed by atoms with E-state index in [0.29, 0.717) is 46.1 Å². The molecule has 0 saturated carbocycles. The molecule has 1 aromatic heterocycles. The molecule has 0 unspecified atom stereocenters. The lowest BCUT2D eigenvalue weighted by Gasteiger charge is -2.11. The minimum Gasteiger partial charge on any atom is -0.502 e. The summed E-state index contributed by atoms with van der Waals surface area (Å²) in [7, 11) is 0. The van der Waals surface area contributed by atoms with Crippen LogP contribution in [0.15, 0.2) is 59.1 Å². The van der Waals surface area contributed by atoms with Gasteiger partial charge in [0, 0.05) is 28.8 Å². The topological polar surface area (TPSA) is 116 Å². The van der Waals surface area contributed by atoms with Crippen LogP contribution in [0.4, 0.5) is 5.69 Å². The molecule has 34 heavy (non-hydrogen) atoms. The van der Waals surface area contributed by atoms with Gasteiger partial charge < -0.3 is 19.1 Å². The first-order chi connectivity index (χ1) is 16.4. The average Bonchev–Trinajstić information content (AvgIpc) is 3.45. The van der Waals surface area contributed by atoms with Crippen LogP contribution in [0.1, 0.15) is 25.0 Å². The fourth-order valence-corrected chi connectivity index (χ4v) is 3.47. The second-order valence-electron chi connectivity index (χ2n) is 7.58. The summed E-state index contributed by atoms with van der Waals surface area (Å²) in [6, 6.07) is 10.5. The Morgan fingerprint density at radius 2 is 2.00 bits per heavy atom. The molecule has 2 aromatic carbocycles. The van der Waals surface area contributed by atoms with Crippen LogP contribution in [0.3, 0.4) is 0 Å². The Bertz CT molecular complexity index is 1380. The molecule has 0 spiro atoms. The summed E-state index contributed by atoms with van der Waals surface area (Å²) in [6.45, 7) is 11.2. The van der Waals surface area contributed by atoms with Gasteiger partial charge in [-0.1, -0.05) is 23.4 Å². The van der Waals surface area contributed by atoms with E-state index in [1.807, 2.05) is 19.9 Å². The summed E-state index contributed by atoms with van der Waals surface area (Å²) in [5.41, 5.74) is 3.18. The number of hydrogen-bond donors (Lipinski definition) is 1. The molecule has 1 heterocycles. The molecule has 0 fully saturated rings. The largest absolute Gasteiger partial charge is 0.502 e. The van der Waals surface area contributed by atoms with Crippen LogP contribution in [-0.4, -0.2) is 33.3 Å². The average molecular weight is 457 g/mol. The smallest absolute Gasteiger partial charge is 0.336 e. The Morgan fingerprint density at radius 1 is 1.21 bits per heavy atom. The maximum atomic E-state index is 11.9. The number of rotatable bonds is 7. The summed E-state index contributed by atoms with van der Waals surface area (Å²) in [5, 5.41) is 12.8. The van der Waals surface area contributed by atoms with Gasteiger partial charge in [0.1, 0.15) is 11.5 Å². The second-order valence-corrected chi connectivity index (χ2v) is 7.58. The van der Waals surface area contributed by atoms with E-state index in [1.165, 1.54) is 0 Å². The van der Waals surface area contributed by atoms with Crippen LogP contribution >= 0.6 is 0 Å². The number of aliphatic carboxylic acids is 1. The van der Waals surface area contributed by atoms with Crippen LogP contribution in [0.25, 0.3) is 33.4 Å². The van der Waals surface area contributed by atoms with E-state index in [1.54, 1.807) is 36.4 Å². The number of carboxylic acids is 1. The van der Waals surface area contributed by atoms with Crippen molar-refractivity contribution >= 4 is 23.4 Å². The first-order valence-electron chi connectivity index (χ1n) is 10.3. The minimum atomic E-state index is -1.24. The number of esters is 1. The molecule has 3 aromatic rings. The zero-order valence-corrected chi connectivity index (χ0v) is 18.3. The van der Waals surface area contributed by atoms with Crippen LogP contribution in [0.2, 0.25) is 0 Å². The van der Waals surface area contributed by atoms with Crippen LogP contribution in [0.5, 0.6) is 5.75 Å². The van der Waals surface area contributed by atoms with Crippen molar-refractivity contribution in [1.29, 1.82) is 0 Å². The molecular weight excluding hydrogens is 438 g/mol. The van der Waals surface area contributed by atoms with E-state index in [-0.39, 0.29) is 12.0 Å². The van der Waals surface area contributed by atoms with Gasteiger partial charge in [-0.05, 0) is 50.1 Å². The number of aromatic nitrogens is 2. The summed E-state index contributed by atoms with van der Waals surface area (Å²) < 4.78 is 16.4. The third kappa shape index (κ3) is 4.71. The van der Waals surface area contributed by atoms with E-state index < -0.39 is 11.9 Å². The zero-order valence-electron chi connectivity index (χ0n) is 18.3. The first kappa shape index (κ1) is 22.5. The van der Waals surface area contributed by atoms with E-state index in [0.717, 1.165) is 17.7 Å². The van der Waals surface area contributed by atoms with Crippen LogP contribution in [-0.2, 0) is 20.7 Å². The predicted octanol–water partition coefficient (Wildman–Crippen LogP) is 4.82. The van der Waals surface area contributed by atoms with Gasteiger partial charge in [0.25, 0.3) is 5.89 Å². The highest BCUT2D eigenvalue weighted by Crippen LogP contribution is 2.37. The van der Waals surface area contributed by atoms with Crippen molar-refractivity contribution in [2.24, 2.45) is 0 Å². The summed E-state index contributed by atoms with van der Waals surface area (Å²) in [5.74, 6) is -0.591. The number of hydrogen-bond acceptors (Lipinski definition) is 7. The van der Waals surface area contributed by atoms with Gasteiger partial charge in [-0.15, -0.1) is 0 Å². The van der Waals surface area contributed by atoms with Gasteiger partial charge >= 0.3 is 11.9 Å². The molecule has 9 nitrogen and oxygen atoms in total. The van der Waals surface area contributed by atoms with E-state index in [9.17, 15) is 9.59 Å². The lowest BCUT2D eigenvalue weighted by molar-refractivity contribution is -0.134. The van der Waals surface area contributed by atoms with Gasteiger partial charge in [0.15, 0.2) is 0 Å². The lowest BCUT2D eigenvalue weighted by Crippen LogP contribution is -2.05. The number of carbonyl (C=O) groups is 2. The quantitative estimate of drug-likeness (QED) is 0.305. The van der Waals surface area contributed by atoms with Crippen molar-refractivity contribution in [3.05, 3.63) is 77.2 Å². The van der Waals surface area contributed by atoms with Gasteiger partial charge in [-0.25, -0.2) is 14.4 Å². The number of ether oxygens (including phenoxy) is 2. The Morgan fingerprint density at radius 3 is 2.74 bits per heavy atom. The van der Waals surface area contributed by atoms with Crippen molar-refractivity contribution in [3.8, 4) is 28.6 Å². The normalized spacial score (nSPS) is 12.4. The van der Waals surface area contributed by atoms with Gasteiger partial charge in [0.2, 0.25) is 11.5 Å². The van der Waals surface area contributed by atoms with Crippen molar-refractivity contribution in [2.75, 3.05) is 0 Å². The second kappa shape index (κ2) is 9.42. The van der Waals surface area contributed by atoms with Crippen molar-refractivity contribution in [1.82, 2.24) is 10.1 Å². The first-order valence-corrected chi connectivity index (χ1v) is 10.3. The van der Waals surface area contributed by atoms with Crippen molar-refractivity contribution < 1.29 is 28.7 Å². The molecule has 1 N–H and O–H groups in total. The molecule has 0 aliphatic heterocycles. The molecule has 9 heteroatoms. The molecule has 0 saturated heterocycles. The van der Waals surface area contributed by atoms with E-state index in [2.05, 4.69) is 15.0 Å². The maximum Gasteiger partial charge on any atom is 0.336 e. The van der Waals surface area contributed by atoms with E-state index in [4.69, 9.17) is 25.7 Å². The fourth-order valence-electron chi connectivity index (χ4n) is 3.47. The SMILES string of the molecule is [C-]#[N+]c1cc(-c2nc(-c3cccc4c3CC=C4OC(=O)C=CC(=O)O)no2)ccc1OC(C)C. The highest BCUT2D eigenvalue weighted by atomic mass is 16.5. The number of fused-ring (bicyclic) bond motifs is 1. The maximum absolute atomic E-state index is 11.9. The van der Waals surface area contributed by atoms with E-state index >= 15 is 0 Å². The highest BCUT2D eigenvalue weighted by Gasteiger charge is 2.23. The third-order valence-electron chi connectivity index (χ3n) is 4.86. The Kier molecular flexibility index (Phi) is 6.23. The van der Waals surface area contributed by atoms with Crippen LogP contribution in [0, 0.1) is 6.57 Å². The molecule has 1 aliphatic carbocycles.